The number of halogens is 1. The zero-order valence-corrected chi connectivity index (χ0v) is 15.5. The second-order valence-electron chi connectivity index (χ2n) is 5.48. The fraction of sp³-hybridized carbons (Fsp3) is 0.222. The molecule has 0 radical (unpaired) electrons. The molecular weight excluding hydrogens is 386 g/mol. The maximum Gasteiger partial charge on any atom is 0.225 e. The summed E-state index contributed by atoms with van der Waals surface area (Å²) in [6.45, 7) is 0.630. The Morgan fingerprint density at radius 2 is 2.04 bits per heavy atom. The molecular formula is C18H18BrN3OS. The minimum absolute atomic E-state index is 0.0316. The highest BCUT2D eigenvalue weighted by atomic mass is 79.9. The Hall–Kier alpha value is -1.92. The van der Waals surface area contributed by atoms with Crippen molar-refractivity contribution >= 4 is 39.0 Å². The summed E-state index contributed by atoms with van der Waals surface area (Å²) in [5.41, 5.74) is 1.13. The number of anilines is 1. The Balaban J connectivity index is 1.52. The summed E-state index contributed by atoms with van der Waals surface area (Å²) in [5.74, 6) is 0.767. The molecule has 6 heteroatoms. The lowest BCUT2D eigenvalue weighted by Crippen LogP contribution is -2.16. The standard InChI is InChI=1S/C18H18BrN3OS/c19-15-8-6-14(7-9-15)13-22-17(10-11-20-22)21-18(23)5-1-3-16-4-2-12-24-16/h2,4,6-12H,1,3,5,13H2,(H,21,23). The maximum atomic E-state index is 12.1. The fourth-order valence-electron chi connectivity index (χ4n) is 2.41. The molecule has 0 bridgehead atoms. The van der Waals surface area contributed by atoms with Gasteiger partial charge in [-0.2, -0.15) is 5.10 Å². The second-order valence-corrected chi connectivity index (χ2v) is 7.43. The van der Waals surface area contributed by atoms with E-state index >= 15 is 0 Å². The molecule has 0 aliphatic carbocycles. The number of carbonyl (C=O) groups is 1. The third kappa shape index (κ3) is 4.79. The molecule has 2 heterocycles. The molecule has 1 N–H and O–H groups in total. The highest BCUT2D eigenvalue weighted by molar-refractivity contribution is 9.10. The minimum atomic E-state index is 0.0316. The van der Waals surface area contributed by atoms with Crippen LogP contribution in [-0.2, 0) is 17.8 Å². The van der Waals surface area contributed by atoms with Crippen molar-refractivity contribution in [2.45, 2.75) is 25.8 Å². The first-order valence-electron chi connectivity index (χ1n) is 7.79. The summed E-state index contributed by atoms with van der Waals surface area (Å²) in [7, 11) is 0. The number of nitrogens with zero attached hydrogens (tertiary/aromatic N) is 2. The molecule has 1 amide bonds. The number of benzene rings is 1. The Morgan fingerprint density at radius 3 is 2.79 bits per heavy atom. The summed E-state index contributed by atoms with van der Waals surface area (Å²) >= 11 is 5.17. The van der Waals surface area contributed by atoms with Crippen LogP contribution in [0.15, 0.2) is 58.5 Å². The first-order valence-corrected chi connectivity index (χ1v) is 9.46. The van der Waals surface area contributed by atoms with Crippen molar-refractivity contribution in [3.63, 3.8) is 0 Å². The molecule has 0 spiro atoms. The largest absolute Gasteiger partial charge is 0.311 e. The smallest absolute Gasteiger partial charge is 0.225 e. The predicted molar refractivity (Wildman–Crippen MR) is 101 cm³/mol. The average molecular weight is 404 g/mol. The lowest BCUT2D eigenvalue weighted by Gasteiger charge is -2.09. The first-order chi connectivity index (χ1) is 11.7. The van der Waals surface area contributed by atoms with E-state index in [1.54, 1.807) is 22.2 Å². The number of hydrogen-bond acceptors (Lipinski definition) is 3. The van der Waals surface area contributed by atoms with E-state index < -0.39 is 0 Å². The van der Waals surface area contributed by atoms with Crippen LogP contribution in [0.2, 0.25) is 0 Å². The van der Waals surface area contributed by atoms with Crippen LogP contribution < -0.4 is 5.32 Å². The van der Waals surface area contributed by atoms with Crippen molar-refractivity contribution in [1.29, 1.82) is 0 Å². The molecule has 24 heavy (non-hydrogen) atoms. The van der Waals surface area contributed by atoms with E-state index in [1.807, 2.05) is 36.4 Å². The average Bonchev–Trinajstić information content (AvgIpc) is 3.22. The second kappa shape index (κ2) is 8.26. The quantitative estimate of drug-likeness (QED) is 0.620. The van der Waals surface area contributed by atoms with Crippen LogP contribution in [0.4, 0.5) is 5.82 Å². The summed E-state index contributed by atoms with van der Waals surface area (Å²) in [4.78, 5) is 13.5. The maximum absolute atomic E-state index is 12.1. The first kappa shape index (κ1) is 16.9. The molecule has 4 nitrogen and oxygen atoms in total. The van der Waals surface area contributed by atoms with Crippen LogP contribution >= 0.6 is 27.3 Å². The number of nitrogens with one attached hydrogen (secondary N) is 1. The minimum Gasteiger partial charge on any atom is -0.311 e. The van der Waals surface area contributed by atoms with Gasteiger partial charge in [-0.1, -0.05) is 34.1 Å². The molecule has 124 valence electrons. The van der Waals surface area contributed by atoms with Crippen LogP contribution in [0.3, 0.4) is 0 Å². The van der Waals surface area contributed by atoms with Gasteiger partial charge in [-0.25, -0.2) is 4.68 Å². The molecule has 0 fully saturated rings. The molecule has 0 aliphatic heterocycles. The van der Waals surface area contributed by atoms with E-state index in [9.17, 15) is 4.79 Å². The van der Waals surface area contributed by atoms with Crippen LogP contribution in [0.25, 0.3) is 0 Å². The van der Waals surface area contributed by atoms with E-state index in [2.05, 4.69) is 37.8 Å². The molecule has 0 saturated heterocycles. The van der Waals surface area contributed by atoms with Crippen LogP contribution in [0.5, 0.6) is 0 Å². The Kier molecular flexibility index (Phi) is 5.82. The number of thiophene rings is 1. The van der Waals surface area contributed by atoms with Gasteiger partial charge in [0.15, 0.2) is 0 Å². The van der Waals surface area contributed by atoms with Crippen molar-refractivity contribution < 1.29 is 4.79 Å². The van der Waals surface area contributed by atoms with Crippen molar-refractivity contribution in [3.8, 4) is 0 Å². The van der Waals surface area contributed by atoms with Gasteiger partial charge in [0.25, 0.3) is 0 Å². The summed E-state index contributed by atoms with van der Waals surface area (Å²) in [6, 6.07) is 14.1. The SMILES string of the molecule is O=C(CCCc1cccs1)Nc1ccnn1Cc1ccc(Br)cc1. The normalized spacial score (nSPS) is 10.7. The van der Waals surface area contributed by atoms with Crippen LogP contribution in [0.1, 0.15) is 23.3 Å². The zero-order valence-electron chi connectivity index (χ0n) is 13.1. The van der Waals surface area contributed by atoms with E-state index in [-0.39, 0.29) is 5.91 Å². The third-order valence-corrected chi connectivity index (χ3v) is 5.10. The number of carbonyl (C=O) groups excluding carboxylic acids is 1. The lowest BCUT2D eigenvalue weighted by molar-refractivity contribution is -0.116. The predicted octanol–water partition coefficient (Wildman–Crippen LogP) is 4.72. The molecule has 0 atom stereocenters. The molecule has 0 unspecified atom stereocenters. The number of rotatable bonds is 7. The van der Waals surface area contributed by atoms with Gasteiger partial charge in [-0.15, -0.1) is 11.3 Å². The number of aromatic nitrogens is 2. The highest BCUT2D eigenvalue weighted by Gasteiger charge is 2.08. The van der Waals surface area contributed by atoms with Gasteiger partial charge >= 0.3 is 0 Å². The Morgan fingerprint density at radius 1 is 1.21 bits per heavy atom. The van der Waals surface area contributed by atoms with E-state index in [0.29, 0.717) is 13.0 Å². The van der Waals surface area contributed by atoms with Crippen LogP contribution in [0, 0.1) is 0 Å². The van der Waals surface area contributed by atoms with Gasteiger partial charge in [0.2, 0.25) is 5.91 Å². The Bertz CT molecular complexity index is 781. The molecule has 2 aromatic heterocycles. The molecule has 0 aliphatic rings. The molecule has 1 aromatic carbocycles. The van der Waals surface area contributed by atoms with Crippen molar-refractivity contribution in [2.24, 2.45) is 0 Å². The van der Waals surface area contributed by atoms with E-state index in [1.165, 1.54) is 4.88 Å². The fourth-order valence-corrected chi connectivity index (χ4v) is 3.43. The zero-order chi connectivity index (χ0) is 16.8. The van der Waals surface area contributed by atoms with Gasteiger partial charge < -0.3 is 5.32 Å². The molecule has 0 saturated carbocycles. The monoisotopic (exact) mass is 403 g/mol. The topological polar surface area (TPSA) is 46.9 Å². The Labute approximate surface area is 153 Å². The molecule has 3 rings (SSSR count). The van der Waals surface area contributed by atoms with E-state index in [0.717, 1.165) is 28.7 Å². The molecule has 3 aromatic rings. The number of aryl methyl sites for hydroxylation is 1. The van der Waals surface area contributed by atoms with Crippen LogP contribution in [-0.4, -0.2) is 15.7 Å². The van der Waals surface area contributed by atoms with Crippen molar-refractivity contribution in [2.75, 3.05) is 5.32 Å². The lowest BCUT2D eigenvalue weighted by atomic mass is 10.2. The number of hydrogen-bond donors (Lipinski definition) is 1. The van der Waals surface area contributed by atoms with E-state index in [4.69, 9.17) is 0 Å². The van der Waals surface area contributed by atoms with Gasteiger partial charge in [0, 0.05) is 21.8 Å². The van der Waals surface area contributed by atoms with Gasteiger partial charge in [-0.05, 0) is 42.0 Å². The highest BCUT2D eigenvalue weighted by Crippen LogP contribution is 2.15. The van der Waals surface area contributed by atoms with Gasteiger partial charge in [0.05, 0.1) is 12.7 Å². The van der Waals surface area contributed by atoms with Crippen molar-refractivity contribution in [3.05, 3.63) is 69.0 Å². The van der Waals surface area contributed by atoms with Gasteiger partial charge in [0.1, 0.15) is 5.82 Å². The van der Waals surface area contributed by atoms with Crippen molar-refractivity contribution in [1.82, 2.24) is 9.78 Å². The summed E-state index contributed by atoms with van der Waals surface area (Å²) < 4.78 is 2.85. The summed E-state index contributed by atoms with van der Waals surface area (Å²) in [5, 5.41) is 9.32. The number of amides is 1. The summed E-state index contributed by atoms with van der Waals surface area (Å²) in [6.07, 6.45) is 4.03. The van der Waals surface area contributed by atoms with Gasteiger partial charge in [-0.3, -0.25) is 4.79 Å². The third-order valence-electron chi connectivity index (χ3n) is 3.64.